The minimum absolute atomic E-state index is 0.284. The average molecular weight is 429 g/mol. The first kappa shape index (κ1) is 21.5. The van der Waals surface area contributed by atoms with Crippen molar-refractivity contribution >= 4 is 44.8 Å². The quantitative estimate of drug-likeness (QED) is 0.663. The van der Waals surface area contributed by atoms with Crippen molar-refractivity contribution in [2.24, 2.45) is 0 Å². The van der Waals surface area contributed by atoms with Crippen LogP contribution in [0.1, 0.15) is 18.9 Å². The van der Waals surface area contributed by atoms with Gasteiger partial charge in [0, 0.05) is 23.6 Å². The van der Waals surface area contributed by atoms with Crippen molar-refractivity contribution in [3.05, 3.63) is 64.1 Å². The molecule has 0 fully saturated rings. The Morgan fingerprint density at radius 2 is 1.48 bits per heavy atom. The van der Waals surface area contributed by atoms with Gasteiger partial charge in [-0.05, 0) is 48.4 Å². The van der Waals surface area contributed by atoms with Gasteiger partial charge in [0.2, 0.25) is 15.9 Å². The Bertz CT molecular complexity index is 884. The van der Waals surface area contributed by atoms with Gasteiger partial charge in [0.25, 0.3) is 0 Å². The zero-order valence-corrected chi connectivity index (χ0v) is 17.7. The molecule has 5 nitrogen and oxygen atoms in total. The fourth-order valence-electron chi connectivity index (χ4n) is 2.83. The Hall–Kier alpha value is -1.76. The van der Waals surface area contributed by atoms with Crippen LogP contribution >= 0.6 is 23.2 Å². The molecular weight excluding hydrogens is 407 g/mol. The van der Waals surface area contributed by atoms with E-state index in [0.717, 1.165) is 16.1 Å². The highest BCUT2D eigenvalue weighted by molar-refractivity contribution is 7.92. The molecular formula is C19H22Cl2N2O3S. The molecule has 0 saturated carbocycles. The van der Waals surface area contributed by atoms with Crippen LogP contribution in [0.4, 0.5) is 5.69 Å². The maximum atomic E-state index is 13.0. The van der Waals surface area contributed by atoms with Crippen molar-refractivity contribution in [2.45, 2.75) is 25.9 Å². The van der Waals surface area contributed by atoms with E-state index in [1.807, 2.05) is 12.1 Å². The maximum Gasteiger partial charge on any atom is 0.246 e. The Kier molecular flexibility index (Phi) is 7.14. The first-order valence-electron chi connectivity index (χ1n) is 8.38. The molecule has 2 aromatic carbocycles. The van der Waals surface area contributed by atoms with Gasteiger partial charge >= 0.3 is 0 Å². The fraction of sp³-hybridized carbons (Fsp3) is 0.316. The number of nitrogens with zero attached hydrogens (tertiary/aromatic N) is 2. The van der Waals surface area contributed by atoms with Crippen LogP contribution in [0, 0.1) is 0 Å². The maximum absolute atomic E-state index is 13.0. The molecule has 0 bridgehead atoms. The van der Waals surface area contributed by atoms with E-state index < -0.39 is 16.1 Å². The number of likely N-dealkylation sites (N-methyl/N-ethyl adjacent to an activating group) is 1. The Balaban J connectivity index is 2.30. The second-order valence-corrected chi connectivity index (χ2v) is 9.01. The second-order valence-electron chi connectivity index (χ2n) is 6.28. The van der Waals surface area contributed by atoms with Gasteiger partial charge < -0.3 is 4.90 Å². The minimum atomic E-state index is -3.67. The van der Waals surface area contributed by atoms with Crippen LogP contribution in [0.15, 0.2) is 48.5 Å². The molecule has 1 atom stereocenters. The van der Waals surface area contributed by atoms with Gasteiger partial charge in [-0.1, -0.05) is 42.3 Å². The molecule has 1 amide bonds. The van der Waals surface area contributed by atoms with Gasteiger partial charge in [0.05, 0.1) is 11.9 Å². The lowest BCUT2D eigenvalue weighted by Crippen LogP contribution is -2.49. The van der Waals surface area contributed by atoms with Crippen LogP contribution in [0.3, 0.4) is 0 Å². The molecule has 0 aliphatic rings. The van der Waals surface area contributed by atoms with Crippen LogP contribution in [-0.2, 0) is 21.4 Å². The number of hydrogen-bond acceptors (Lipinski definition) is 3. The van der Waals surface area contributed by atoms with E-state index in [0.29, 0.717) is 28.7 Å². The van der Waals surface area contributed by atoms with Crippen LogP contribution in [0.2, 0.25) is 10.0 Å². The largest absolute Gasteiger partial charge is 0.340 e. The van der Waals surface area contributed by atoms with E-state index in [1.165, 1.54) is 4.90 Å². The van der Waals surface area contributed by atoms with E-state index in [9.17, 15) is 13.2 Å². The molecule has 0 N–H and O–H groups in total. The van der Waals surface area contributed by atoms with Gasteiger partial charge in [-0.15, -0.1) is 0 Å². The highest BCUT2D eigenvalue weighted by Gasteiger charge is 2.33. The zero-order valence-electron chi connectivity index (χ0n) is 15.4. The number of amides is 1. The summed E-state index contributed by atoms with van der Waals surface area (Å²) in [4.78, 5) is 14.6. The Morgan fingerprint density at radius 1 is 1.00 bits per heavy atom. The highest BCUT2D eigenvalue weighted by Crippen LogP contribution is 2.25. The summed E-state index contributed by atoms with van der Waals surface area (Å²) in [7, 11) is -2.02. The van der Waals surface area contributed by atoms with Crippen molar-refractivity contribution in [3.8, 4) is 0 Å². The summed E-state index contributed by atoms with van der Waals surface area (Å²) in [6, 6.07) is 12.7. The molecule has 0 spiro atoms. The SMILES string of the molecule is CC[C@H](C(=O)N(C)Cc1ccc(Cl)cc1)N(c1ccc(Cl)cc1)S(C)(=O)=O. The van der Waals surface area contributed by atoms with Crippen molar-refractivity contribution < 1.29 is 13.2 Å². The molecule has 27 heavy (non-hydrogen) atoms. The second kappa shape index (κ2) is 8.95. The molecule has 0 aliphatic carbocycles. The number of anilines is 1. The summed E-state index contributed by atoms with van der Waals surface area (Å²) in [6.07, 6.45) is 1.43. The first-order valence-corrected chi connectivity index (χ1v) is 11.0. The lowest BCUT2D eigenvalue weighted by molar-refractivity contribution is -0.131. The van der Waals surface area contributed by atoms with Gasteiger partial charge in [-0.2, -0.15) is 0 Å². The first-order chi connectivity index (χ1) is 12.6. The van der Waals surface area contributed by atoms with E-state index in [4.69, 9.17) is 23.2 Å². The van der Waals surface area contributed by atoms with E-state index in [2.05, 4.69) is 0 Å². The summed E-state index contributed by atoms with van der Waals surface area (Å²) < 4.78 is 26.1. The number of halogens is 2. The summed E-state index contributed by atoms with van der Waals surface area (Å²) in [6.45, 7) is 2.14. The predicted molar refractivity (Wildman–Crippen MR) is 111 cm³/mol. The molecule has 2 rings (SSSR count). The summed E-state index contributed by atoms with van der Waals surface area (Å²) in [5.74, 6) is -0.284. The number of hydrogen-bond donors (Lipinski definition) is 0. The van der Waals surface area contributed by atoms with Crippen molar-refractivity contribution in [1.82, 2.24) is 4.90 Å². The standard InChI is InChI=1S/C19H22Cl2N2O3S/c1-4-18(19(24)22(2)13-14-5-7-15(20)8-6-14)23(27(3,25)26)17-11-9-16(21)10-12-17/h5-12,18H,4,13H2,1-3H3/t18-/m1/s1. The molecule has 0 heterocycles. The molecule has 0 radical (unpaired) electrons. The van der Waals surface area contributed by atoms with Gasteiger partial charge in [0.1, 0.15) is 6.04 Å². The van der Waals surface area contributed by atoms with Gasteiger partial charge in [-0.3, -0.25) is 9.10 Å². The van der Waals surface area contributed by atoms with Crippen molar-refractivity contribution in [3.63, 3.8) is 0 Å². The smallest absolute Gasteiger partial charge is 0.246 e. The lowest BCUT2D eigenvalue weighted by Gasteiger charge is -2.33. The lowest BCUT2D eigenvalue weighted by atomic mass is 10.1. The van der Waals surface area contributed by atoms with Gasteiger partial charge in [-0.25, -0.2) is 8.42 Å². The Labute approximate surface area is 170 Å². The molecule has 0 unspecified atom stereocenters. The van der Waals surface area contributed by atoms with Crippen LogP contribution in [0.5, 0.6) is 0 Å². The van der Waals surface area contributed by atoms with Crippen LogP contribution in [0.25, 0.3) is 0 Å². The summed E-state index contributed by atoms with van der Waals surface area (Å²) >= 11 is 11.8. The van der Waals surface area contributed by atoms with Crippen LogP contribution < -0.4 is 4.31 Å². The third kappa shape index (κ3) is 5.61. The summed E-state index contributed by atoms with van der Waals surface area (Å²) in [5, 5.41) is 1.11. The highest BCUT2D eigenvalue weighted by atomic mass is 35.5. The van der Waals surface area contributed by atoms with Crippen molar-refractivity contribution in [1.29, 1.82) is 0 Å². The van der Waals surface area contributed by atoms with E-state index in [1.54, 1.807) is 50.4 Å². The van der Waals surface area contributed by atoms with Crippen LogP contribution in [-0.4, -0.2) is 38.6 Å². The minimum Gasteiger partial charge on any atom is -0.340 e. The normalized spacial score (nSPS) is 12.5. The third-order valence-corrected chi connectivity index (χ3v) is 5.79. The van der Waals surface area contributed by atoms with Gasteiger partial charge in [0.15, 0.2) is 0 Å². The Morgan fingerprint density at radius 3 is 1.93 bits per heavy atom. The number of carbonyl (C=O) groups is 1. The molecule has 0 saturated heterocycles. The van der Waals surface area contributed by atoms with E-state index in [-0.39, 0.29) is 5.91 Å². The molecule has 0 aromatic heterocycles. The molecule has 146 valence electrons. The third-order valence-electron chi connectivity index (χ3n) is 4.10. The number of sulfonamides is 1. The average Bonchev–Trinajstić information content (AvgIpc) is 2.61. The topological polar surface area (TPSA) is 57.7 Å². The zero-order chi connectivity index (χ0) is 20.2. The summed E-state index contributed by atoms with van der Waals surface area (Å²) in [5.41, 5.74) is 1.31. The number of rotatable bonds is 7. The predicted octanol–water partition coefficient (Wildman–Crippen LogP) is 4.20. The molecule has 8 heteroatoms. The van der Waals surface area contributed by atoms with Crippen molar-refractivity contribution in [2.75, 3.05) is 17.6 Å². The molecule has 2 aromatic rings. The fourth-order valence-corrected chi connectivity index (χ4v) is 4.29. The number of benzene rings is 2. The number of carbonyl (C=O) groups excluding carboxylic acids is 1. The monoisotopic (exact) mass is 428 g/mol. The van der Waals surface area contributed by atoms with E-state index >= 15 is 0 Å². The molecule has 0 aliphatic heterocycles.